The van der Waals surface area contributed by atoms with Gasteiger partial charge in [0.1, 0.15) is 26.3 Å². The van der Waals surface area contributed by atoms with E-state index in [9.17, 15) is 9.59 Å². The normalized spacial score (nSPS) is 10.7. The van der Waals surface area contributed by atoms with Gasteiger partial charge in [-0.25, -0.2) is 9.59 Å². The minimum absolute atomic E-state index is 0. The van der Waals surface area contributed by atoms with Gasteiger partial charge in [0.2, 0.25) is 0 Å². The molecule has 29 heavy (non-hydrogen) atoms. The predicted molar refractivity (Wildman–Crippen MR) is 115 cm³/mol. The summed E-state index contributed by atoms with van der Waals surface area (Å²) in [4.78, 5) is 22.5. The minimum Gasteiger partial charge on any atom is -1.00 e. The van der Waals surface area contributed by atoms with Crippen LogP contribution in [0.25, 0.3) is 0 Å². The van der Waals surface area contributed by atoms with E-state index in [1.54, 1.807) is 0 Å². The fourth-order valence-corrected chi connectivity index (χ4v) is 3.17. The summed E-state index contributed by atoms with van der Waals surface area (Å²) in [5.41, 5.74) is 0. The molecule has 0 amide bonds. The van der Waals surface area contributed by atoms with Crippen LogP contribution < -0.4 is 17.0 Å². The summed E-state index contributed by atoms with van der Waals surface area (Å²) >= 11 is 0. The van der Waals surface area contributed by atoms with Crippen molar-refractivity contribution in [1.82, 2.24) is 0 Å². The summed E-state index contributed by atoms with van der Waals surface area (Å²) in [5.74, 6) is -0.799. The third kappa shape index (κ3) is 18.6. The number of quaternary nitrogens is 1. The van der Waals surface area contributed by atoms with Crippen LogP contribution in [0.1, 0.15) is 71.1 Å². The first-order valence-corrected chi connectivity index (χ1v) is 10.9. The summed E-state index contributed by atoms with van der Waals surface area (Å²) in [6, 6.07) is 0. The molecule has 0 unspecified atom stereocenters. The van der Waals surface area contributed by atoms with Gasteiger partial charge in [0.25, 0.3) is 0 Å². The van der Waals surface area contributed by atoms with Crippen LogP contribution in [-0.2, 0) is 19.1 Å². The van der Waals surface area contributed by atoms with Crippen LogP contribution in [0.4, 0.5) is 0 Å². The van der Waals surface area contributed by atoms with E-state index in [2.05, 4.69) is 27.1 Å². The minimum atomic E-state index is -0.399. The van der Waals surface area contributed by atoms with Crippen molar-refractivity contribution >= 4 is 11.9 Å². The molecule has 0 rings (SSSR count). The number of halogens is 1. The van der Waals surface area contributed by atoms with Gasteiger partial charge in [-0.2, -0.15) is 0 Å². The van der Waals surface area contributed by atoms with E-state index in [4.69, 9.17) is 9.47 Å². The highest BCUT2D eigenvalue weighted by atomic mass is 79.9. The number of rotatable bonds is 19. The Morgan fingerprint density at radius 2 is 1.10 bits per heavy atom. The lowest BCUT2D eigenvalue weighted by atomic mass is 10.1. The predicted octanol–water partition coefficient (Wildman–Crippen LogP) is 1.82. The molecule has 6 heteroatoms. The topological polar surface area (TPSA) is 52.6 Å². The molecular formula is C23H42BrNO4. The lowest BCUT2D eigenvalue weighted by Gasteiger charge is -2.34. The largest absolute Gasteiger partial charge is 1.00 e. The van der Waals surface area contributed by atoms with Gasteiger partial charge >= 0.3 is 11.9 Å². The second kappa shape index (κ2) is 20.1. The number of hydrogen-bond donors (Lipinski definition) is 0. The van der Waals surface area contributed by atoms with Crippen molar-refractivity contribution in [2.75, 3.05) is 39.9 Å². The molecule has 0 aromatic heterocycles. The maximum Gasteiger partial charge on any atom is 0.330 e. The molecule has 0 fully saturated rings. The van der Waals surface area contributed by atoms with Gasteiger partial charge in [0.05, 0.1) is 13.6 Å². The molecule has 0 atom stereocenters. The van der Waals surface area contributed by atoms with E-state index < -0.39 is 11.9 Å². The molecule has 0 aromatic carbocycles. The Hall–Kier alpha value is -1.14. The van der Waals surface area contributed by atoms with Crippen molar-refractivity contribution in [2.45, 2.75) is 71.1 Å². The number of nitrogens with zero attached hydrogens (tertiary/aromatic N) is 1. The molecule has 5 nitrogen and oxygen atoms in total. The van der Waals surface area contributed by atoms with Gasteiger partial charge in [-0.1, -0.05) is 71.4 Å². The van der Waals surface area contributed by atoms with Gasteiger partial charge < -0.3 is 30.9 Å². The van der Waals surface area contributed by atoms with Crippen LogP contribution in [0.15, 0.2) is 25.3 Å². The molecule has 170 valence electrons. The lowest BCUT2D eigenvalue weighted by molar-refractivity contribution is -0.910. The van der Waals surface area contributed by atoms with Gasteiger partial charge in [0.15, 0.2) is 0 Å². The Morgan fingerprint density at radius 1 is 0.724 bits per heavy atom. The number of ether oxygens (including phenoxy) is 2. The first-order valence-electron chi connectivity index (χ1n) is 10.9. The third-order valence-electron chi connectivity index (χ3n) is 5.14. The fourth-order valence-electron chi connectivity index (χ4n) is 3.17. The van der Waals surface area contributed by atoms with Crippen LogP contribution in [0.5, 0.6) is 0 Å². The van der Waals surface area contributed by atoms with E-state index >= 15 is 0 Å². The Bertz CT molecular complexity index is 428. The molecule has 0 aliphatic rings. The van der Waals surface area contributed by atoms with Crippen LogP contribution >= 0.6 is 0 Å². The summed E-state index contributed by atoms with van der Waals surface area (Å²) in [6.45, 7) is 12.1. The van der Waals surface area contributed by atoms with Crippen LogP contribution in [0.3, 0.4) is 0 Å². The molecule has 0 aromatic rings. The van der Waals surface area contributed by atoms with E-state index in [0.717, 1.165) is 13.0 Å². The average Bonchev–Trinajstić information content (AvgIpc) is 2.69. The maximum absolute atomic E-state index is 11.3. The van der Waals surface area contributed by atoms with Gasteiger partial charge in [0, 0.05) is 12.2 Å². The smallest absolute Gasteiger partial charge is 0.330 e. The summed E-state index contributed by atoms with van der Waals surface area (Å²) < 4.78 is 11.0. The summed E-state index contributed by atoms with van der Waals surface area (Å²) in [5, 5.41) is 0. The van der Waals surface area contributed by atoms with Crippen molar-refractivity contribution in [3.63, 3.8) is 0 Å². The van der Waals surface area contributed by atoms with E-state index in [1.165, 1.54) is 69.9 Å². The zero-order valence-corrected chi connectivity index (χ0v) is 20.2. The number of carbonyl (C=O) groups excluding carboxylic acids is 2. The molecule has 0 spiro atoms. The molecule has 0 saturated carbocycles. The quantitative estimate of drug-likeness (QED) is 0.124. The van der Waals surface area contributed by atoms with Gasteiger partial charge in [-0.3, -0.25) is 0 Å². The molecule has 0 bridgehead atoms. The van der Waals surface area contributed by atoms with Gasteiger partial charge in [-0.05, 0) is 12.8 Å². The highest BCUT2D eigenvalue weighted by Crippen LogP contribution is 2.12. The Morgan fingerprint density at radius 3 is 1.48 bits per heavy atom. The van der Waals surface area contributed by atoms with Crippen molar-refractivity contribution in [3.05, 3.63) is 25.3 Å². The Balaban J connectivity index is 0. The van der Waals surface area contributed by atoms with Crippen LogP contribution in [-0.4, -0.2) is 56.3 Å². The SMILES string of the molecule is C=CC(=O)OCC[N+](C)(CCCCCCCCCCCC)CCOC(=O)C=C.[Br-]. The number of unbranched alkanes of at least 4 members (excludes halogenated alkanes) is 9. The molecule has 0 aliphatic carbocycles. The summed E-state index contributed by atoms with van der Waals surface area (Å²) in [6.07, 6.45) is 15.4. The molecule has 0 saturated heterocycles. The van der Waals surface area contributed by atoms with Crippen LogP contribution in [0.2, 0.25) is 0 Å². The average molecular weight is 476 g/mol. The Labute approximate surface area is 188 Å². The van der Waals surface area contributed by atoms with E-state index in [0.29, 0.717) is 30.8 Å². The zero-order chi connectivity index (χ0) is 21.1. The first kappa shape index (κ1) is 30.1. The van der Waals surface area contributed by atoms with Crippen molar-refractivity contribution in [2.24, 2.45) is 0 Å². The lowest BCUT2D eigenvalue weighted by Crippen LogP contribution is -3.00. The highest BCUT2D eigenvalue weighted by molar-refractivity contribution is 5.81. The van der Waals surface area contributed by atoms with Gasteiger partial charge in [-0.15, -0.1) is 0 Å². The molecule has 0 aliphatic heterocycles. The number of likely N-dealkylation sites (N-methyl/N-ethyl adjacent to an activating group) is 1. The number of esters is 2. The van der Waals surface area contributed by atoms with Crippen LogP contribution in [0, 0.1) is 0 Å². The third-order valence-corrected chi connectivity index (χ3v) is 5.14. The second-order valence-electron chi connectivity index (χ2n) is 7.72. The molecule has 0 N–H and O–H groups in total. The summed E-state index contributed by atoms with van der Waals surface area (Å²) in [7, 11) is 2.12. The first-order chi connectivity index (χ1) is 13.5. The standard InChI is InChI=1S/C23H42NO4.BrH/c1-5-8-9-10-11-12-13-14-15-16-17-24(4,18-20-27-22(25)6-2)19-21-28-23(26)7-3;/h6-7H,2-3,5,8-21H2,1,4H3;1H/q+1;/p-1. The molecular weight excluding hydrogens is 434 g/mol. The monoisotopic (exact) mass is 475 g/mol. The molecule has 0 heterocycles. The molecule has 0 radical (unpaired) electrons. The highest BCUT2D eigenvalue weighted by Gasteiger charge is 2.22. The van der Waals surface area contributed by atoms with Crippen molar-refractivity contribution in [1.29, 1.82) is 0 Å². The Kier molecular flexibility index (Phi) is 20.9. The second-order valence-corrected chi connectivity index (χ2v) is 7.72. The number of hydrogen-bond acceptors (Lipinski definition) is 4. The zero-order valence-electron chi connectivity index (χ0n) is 18.6. The fraction of sp³-hybridized carbons (Fsp3) is 0.739. The van der Waals surface area contributed by atoms with Crippen molar-refractivity contribution < 1.29 is 40.5 Å². The maximum atomic E-state index is 11.3. The number of carbonyl (C=O) groups is 2. The van der Waals surface area contributed by atoms with Crippen molar-refractivity contribution in [3.8, 4) is 0 Å². The van der Waals surface area contributed by atoms with E-state index in [-0.39, 0.29) is 17.0 Å². The van der Waals surface area contributed by atoms with E-state index in [1.807, 2.05) is 0 Å².